The van der Waals surface area contributed by atoms with E-state index in [1.54, 1.807) is 12.1 Å². The van der Waals surface area contributed by atoms with Gasteiger partial charge in [-0.15, -0.1) is 0 Å². The highest BCUT2D eigenvalue weighted by molar-refractivity contribution is 5.98. The van der Waals surface area contributed by atoms with Crippen molar-refractivity contribution in [1.82, 2.24) is 14.7 Å². The number of rotatable bonds is 4. The second kappa shape index (κ2) is 6.88. The minimum Gasteiger partial charge on any atom is -0.508 e. The first kappa shape index (κ1) is 18.5. The second-order valence-electron chi connectivity index (χ2n) is 8.46. The standard InChI is InChI=1S/C23H23N3O5/c27-18-9-17(22(28)15-8-13(15)18)21-14-10-19-20(31-12-30-19)11-16(14)23(29)26(24-21)7-6-25-4-2-1-3-5-25/h9-11,27-28H,1-8,12H2. The van der Waals surface area contributed by atoms with Crippen molar-refractivity contribution >= 4 is 10.8 Å². The molecule has 0 radical (unpaired) electrons. The van der Waals surface area contributed by atoms with Crippen molar-refractivity contribution < 1.29 is 19.7 Å². The first-order valence-corrected chi connectivity index (χ1v) is 10.7. The van der Waals surface area contributed by atoms with Gasteiger partial charge in [0.05, 0.1) is 11.9 Å². The van der Waals surface area contributed by atoms with Crippen molar-refractivity contribution in [2.45, 2.75) is 32.2 Å². The van der Waals surface area contributed by atoms with Gasteiger partial charge in [-0.2, -0.15) is 5.10 Å². The zero-order valence-corrected chi connectivity index (χ0v) is 17.1. The van der Waals surface area contributed by atoms with E-state index in [1.165, 1.54) is 30.0 Å². The summed E-state index contributed by atoms with van der Waals surface area (Å²) < 4.78 is 12.5. The van der Waals surface area contributed by atoms with Crippen LogP contribution >= 0.6 is 0 Å². The number of benzene rings is 2. The number of phenols is 2. The third kappa shape index (κ3) is 3.01. The van der Waals surface area contributed by atoms with Crippen molar-refractivity contribution in [1.29, 1.82) is 0 Å². The predicted octanol–water partition coefficient (Wildman–Crippen LogP) is 2.59. The molecule has 3 aromatic rings. The van der Waals surface area contributed by atoms with Crippen LogP contribution in [-0.4, -0.2) is 51.3 Å². The number of phenolic OH excluding ortho intramolecular Hbond substituents is 2. The fourth-order valence-corrected chi connectivity index (χ4v) is 4.68. The molecule has 0 amide bonds. The van der Waals surface area contributed by atoms with Gasteiger partial charge in [-0.05, 0) is 44.1 Å². The van der Waals surface area contributed by atoms with E-state index >= 15 is 0 Å². The summed E-state index contributed by atoms with van der Waals surface area (Å²) in [5, 5.41) is 26.8. The minimum absolute atomic E-state index is 0.0997. The van der Waals surface area contributed by atoms with Crippen molar-refractivity contribution in [3.05, 3.63) is 39.7 Å². The van der Waals surface area contributed by atoms with Gasteiger partial charge in [-0.1, -0.05) is 6.42 Å². The van der Waals surface area contributed by atoms with Crippen LogP contribution in [0.3, 0.4) is 0 Å². The summed E-state index contributed by atoms with van der Waals surface area (Å²) in [7, 11) is 0. The molecular formula is C23H23N3O5. The average molecular weight is 421 g/mol. The van der Waals surface area contributed by atoms with Crippen LogP contribution in [0.5, 0.6) is 23.0 Å². The number of nitrogens with zero attached hydrogens (tertiary/aromatic N) is 3. The van der Waals surface area contributed by atoms with Crippen LogP contribution in [0.4, 0.5) is 0 Å². The molecule has 2 aliphatic heterocycles. The van der Waals surface area contributed by atoms with E-state index in [0.717, 1.165) is 30.8 Å². The molecule has 1 aromatic heterocycles. The fourth-order valence-electron chi connectivity index (χ4n) is 4.68. The number of hydrogen-bond donors (Lipinski definition) is 2. The molecule has 0 saturated carbocycles. The molecule has 2 N–H and O–H groups in total. The number of hydrogen-bond acceptors (Lipinski definition) is 7. The zero-order valence-electron chi connectivity index (χ0n) is 17.1. The van der Waals surface area contributed by atoms with Gasteiger partial charge < -0.3 is 24.6 Å². The summed E-state index contributed by atoms with van der Waals surface area (Å²) in [4.78, 5) is 15.6. The SMILES string of the molecule is O=c1c2cc3c(cc2c(-c2cc(O)c4c(c2O)C4)nn1CCN1CCCCC1)OCO3. The molecule has 3 aliphatic rings. The number of aromatic nitrogens is 2. The molecule has 0 bridgehead atoms. The maximum absolute atomic E-state index is 13.3. The van der Waals surface area contributed by atoms with Crippen LogP contribution in [0.15, 0.2) is 23.0 Å². The van der Waals surface area contributed by atoms with Gasteiger partial charge in [-0.3, -0.25) is 4.79 Å². The number of piperidine rings is 1. The Hall–Kier alpha value is -3.26. The van der Waals surface area contributed by atoms with Gasteiger partial charge in [0.1, 0.15) is 17.2 Å². The number of aromatic hydroxyl groups is 2. The average Bonchev–Trinajstić information content (AvgIpc) is 3.48. The molecule has 6 rings (SSSR count). The molecular weight excluding hydrogens is 398 g/mol. The molecule has 1 saturated heterocycles. The summed E-state index contributed by atoms with van der Waals surface area (Å²) in [5.74, 6) is 1.32. The highest BCUT2D eigenvalue weighted by Crippen LogP contribution is 2.49. The van der Waals surface area contributed by atoms with Crippen LogP contribution in [0.1, 0.15) is 30.4 Å². The third-order valence-corrected chi connectivity index (χ3v) is 6.51. The number of fused-ring (bicyclic) bond motifs is 3. The molecule has 3 heterocycles. The lowest BCUT2D eigenvalue weighted by molar-refractivity contribution is 0.174. The van der Waals surface area contributed by atoms with E-state index < -0.39 is 0 Å². The van der Waals surface area contributed by atoms with Crippen molar-refractivity contribution in [2.24, 2.45) is 0 Å². The topological polar surface area (TPSA) is 97.0 Å². The summed E-state index contributed by atoms with van der Waals surface area (Å²) in [6.45, 7) is 3.36. The van der Waals surface area contributed by atoms with Gasteiger partial charge >= 0.3 is 0 Å². The molecule has 0 atom stereocenters. The Morgan fingerprint density at radius 3 is 2.45 bits per heavy atom. The van der Waals surface area contributed by atoms with Gasteiger partial charge in [0.25, 0.3) is 5.56 Å². The van der Waals surface area contributed by atoms with Crippen LogP contribution < -0.4 is 15.0 Å². The highest BCUT2D eigenvalue weighted by atomic mass is 16.7. The predicted molar refractivity (Wildman–Crippen MR) is 114 cm³/mol. The summed E-state index contributed by atoms with van der Waals surface area (Å²) in [5.41, 5.74) is 2.17. The van der Waals surface area contributed by atoms with Crippen LogP contribution in [0.25, 0.3) is 22.0 Å². The Morgan fingerprint density at radius 1 is 0.935 bits per heavy atom. The number of likely N-dealkylation sites (tertiary alicyclic amines) is 1. The second-order valence-corrected chi connectivity index (χ2v) is 8.46. The maximum atomic E-state index is 13.3. The van der Waals surface area contributed by atoms with Crippen molar-refractivity contribution in [2.75, 3.05) is 26.4 Å². The molecule has 31 heavy (non-hydrogen) atoms. The lowest BCUT2D eigenvalue weighted by atomic mass is 10.0. The molecule has 8 heteroatoms. The molecule has 1 fully saturated rings. The lowest BCUT2D eigenvalue weighted by Gasteiger charge is -2.26. The minimum atomic E-state index is -0.204. The summed E-state index contributed by atoms with van der Waals surface area (Å²) in [6.07, 6.45) is 4.17. The fraction of sp³-hybridized carbons (Fsp3) is 0.391. The third-order valence-electron chi connectivity index (χ3n) is 6.51. The Morgan fingerprint density at radius 2 is 1.68 bits per heavy atom. The number of ether oxygens (including phenoxy) is 2. The molecule has 0 spiro atoms. The maximum Gasteiger partial charge on any atom is 0.274 e. The van der Waals surface area contributed by atoms with E-state index in [9.17, 15) is 15.0 Å². The van der Waals surface area contributed by atoms with Crippen LogP contribution in [-0.2, 0) is 13.0 Å². The summed E-state index contributed by atoms with van der Waals surface area (Å²) >= 11 is 0. The zero-order chi connectivity index (χ0) is 21.1. The molecule has 160 valence electrons. The van der Waals surface area contributed by atoms with Crippen molar-refractivity contribution in [3.63, 3.8) is 0 Å². The van der Waals surface area contributed by atoms with E-state index in [-0.39, 0.29) is 23.9 Å². The first-order valence-electron chi connectivity index (χ1n) is 10.7. The molecule has 0 unspecified atom stereocenters. The Labute approximate surface area is 178 Å². The molecule has 1 aliphatic carbocycles. The van der Waals surface area contributed by atoms with E-state index in [1.807, 2.05) is 0 Å². The van der Waals surface area contributed by atoms with Gasteiger partial charge in [0.15, 0.2) is 11.5 Å². The quantitative estimate of drug-likeness (QED) is 0.489. The van der Waals surface area contributed by atoms with E-state index in [0.29, 0.717) is 46.5 Å². The van der Waals surface area contributed by atoms with Crippen LogP contribution in [0.2, 0.25) is 0 Å². The van der Waals surface area contributed by atoms with Crippen LogP contribution in [0, 0.1) is 0 Å². The first-order chi connectivity index (χ1) is 15.1. The highest BCUT2D eigenvalue weighted by Gasteiger charge is 2.30. The Bertz CT molecular complexity index is 1280. The lowest BCUT2D eigenvalue weighted by Crippen LogP contribution is -2.35. The molecule has 8 nitrogen and oxygen atoms in total. The monoisotopic (exact) mass is 421 g/mol. The van der Waals surface area contributed by atoms with E-state index in [4.69, 9.17) is 9.47 Å². The van der Waals surface area contributed by atoms with E-state index in [2.05, 4.69) is 10.00 Å². The largest absolute Gasteiger partial charge is 0.508 e. The Kier molecular flexibility index (Phi) is 4.11. The van der Waals surface area contributed by atoms with Crippen molar-refractivity contribution in [3.8, 4) is 34.3 Å². The smallest absolute Gasteiger partial charge is 0.274 e. The van der Waals surface area contributed by atoms with Gasteiger partial charge in [-0.25, -0.2) is 4.68 Å². The normalized spacial score (nSPS) is 17.2. The molecule has 2 aromatic carbocycles. The van der Waals surface area contributed by atoms with Gasteiger partial charge in [0, 0.05) is 35.0 Å². The summed E-state index contributed by atoms with van der Waals surface area (Å²) in [6, 6.07) is 4.96. The Balaban J connectivity index is 1.51. The van der Waals surface area contributed by atoms with Gasteiger partial charge in [0.2, 0.25) is 6.79 Å².